The summed E-state index contributed by atoms with van der Waals surface area (Å²) in [6.07, 6.45) is 2.85. The summed E-state index contributed by atoms with van der Waals surface area (Å²) in [5.41, 5.74) is 0.542. The number of aliphatic carboxylic acids is 1. The van der Waals surface area contributed by atoms with Gasteiger partial charge >= 0.3 is 5.97 Å². The zero-order valence-corrected chi connectivity index (χ0v) is 11.3. The zero-order valence-electron chi connectivity index (χ0n) is 10.5. The maximum absolute atomic E-state index is 11.7. The minimum absolute atomic E-state index is 0.00317. The highest BCUT2D eigenvalue weighted by Crippen LogP contribution is 2.01. The molecule has 1 aromatic rings. The lowest BCUT2D eigenvalue weighted by molar-refractivity contribution is -0.138. The molecule has 8 nitrogen and oxygen atoms in total. The van der Waals surface area contributed by atoms with E-state index in [1.54, 1.807) is 6.92 Å². The van der Waals surface area contributed by atoms with Gasteiger partial charge in [0, 0.05) is 24.9 Å². The standard InChI is InChI=1S/C10H17N3O5S/c1-2-18-3-4-19(16,17)13-9(10(14)15)5-8-6-11-7-12-8/h6-7,9,13H,2-5H2,1H3,(H,11,12)(H,14,15)/t9-/m0/s1. The van der Waals surface area contributed by atoms with E-state index in [2.05, 4.69) is 14.7 Å². The Morgan fingerprint density at radius 3 is 2.89 bits per heavy atom. The topological polar surface area (TPSA) is 121 Å². The molecule has 0 unspecified atom stereocenters. The van der Waals surface area contributed by atoms with E-state index in [1.165, 1.54) is 12.5 Å². The number of carboxylic acids is 1. The lowest BCUT2D eigenvalue weighted by Crippen LogP contribution is -2.43. The number of carboxylic acid groups (broad SMARTS) is 1. The summed E-state index contributed by atoms with van der Waals surface area (Å²) in [5.74, 6) is -1.51. The van der Waals surface area contributed by atoms with Crippen LogP contribution in [-0.2, 0) is 26.0 Å². The maximum atomic E-state index is 11.7. The quantitative estimate of drug-likeness (QED) is 0.520. The summed E-state index contributed by atoms with van der Waals surface area (Å²) < 4.78 is 30.4. The molecule has 19 heavy (non-hydrogen) atoms. The molecular weight excluding hydrogens is 274 g/mol. The third-order valence-electron chi connectivity index (χ3n) is 2.30. The van der Waals surface area contributed by atoms with Crippen LogP contribution in [0.25, 0.3) is 0 Å². The molecule has 0 aromatic carbocycles. The van der Waals surface area contributed by atoms with E-state index in [-0.39, 0.29) is 18.8 Å². The fourth-order valence-electron chi connectivity index (χ4n) is 1.38. The summed E-state index contributed by atoms with van der Waals surface area (Å²) in [4.78, 5) is 17.5. The fraction of sp³-hybridized carbons (Fsp3) is 0.600. The highest BCUT2D eigenvalue weighted by atomic mass is 32.2. The van der Waals surface area contributed by atoms with Gasteiger partial charge in [0.2, 0.25) is 10.0 Å². The van der Waals surface area contributed by atoms with E-state index in [0.717, 1.165) is 0 Å². The number of carbonyl (C=O) groups is 1. The summed E-state index contributed by atoms with van der Waals surface area (Å²) in [7, 11) is -3.69. The van der Waals surface area contributed by atoms with Gasteiger partial charge in [-0.15, -0.1) is 0 Å². The van der Waals surface area contributed by atoms with E-state index in [1.807, 2.05) is 0 Å². The molecule has 9 heteroatoms. The molecule has 0 bridgehead atoms. The predicted molar refractivity (Wildman–Crippen MR) is 67.1 cm³/mol. The van der Waals surface area contributed by atoms with Crippen LogP contribution in [0.3, 0.4) is 0 Å². The molecule has 108 valence electrons. The molecule has 1 aromatic heterocycles. The molecule has 1 heterocycles. The van der Waals surface area contributed by atoms with Crippen molar-refractivity contribution in [1.82, 2.24) is 14.7 Å². The van der Waals surface area contributed by atoms with Gasteiger partial charge in [-0.3, -0.25) is 4.79 Å². The Morgan fingerprint density at radius 1 is 1.63 bits per heavy atom. The molecule has 0 saturated carbocycles. The van der Waals surface area contributed by atoms with E-state index >= 15 is 0 Å². The van der Waals surface area contributed by atoms with E-state index < -0.39 is 22.0 Å². The van der Waals surface area contributed by atoms with Gasteiger partial charge in [-0.1, -0.05) is 0 Å². The van der Waals surface area contributed by atoms with Gasteiger partial charge in [0.25, 0.3) is 0 Å². The Kier molecular flexibility index (Phi) is 5.93. The van der Waals surface area contributed by atoms with Crippen molar-refractivity contribution in [1.29, 1.82) is 0 Å². The Labute approximate surface area is 111 Å². The molecule has 0 aliphatic carbocycles. The summed E-state index contributed by atoms with van der Waals surface area (Å²) in [6.45, 7) is 2.19. The van der Waals surface area contributed by atoms with Gasteiger partial charge in [0.05, 0.1) is 18.7 Å². The van der Waals surface area contributed by atoms with Crippen LogP contribution < -0.4 is 4.72 Å². The first kappa shape index (κ1) is 15.6. The smallest absolute Gasteiger partial charge is 0.322 e. The van der Waals surface area contributed by atoms with Crippen molar-refractivity contribution in [2.45, 2.75) is 19.4 Å². The zero-order chi connectivity index (χ0) is 14.3. The van der Waals surface area contributed by atoms with Crippen molar-refractivity contribution in [2.24, 2.45) is 0 Å². The average Bonchev–Trinajstić information content (AvgIpc) is 2.80. The number of nitrogens with zero attached hydrogens (tertiary/aromatic N) is 1. The first-order chi connectivity index (χ1) is 8.94. The molecule has 3 N–H and O–H groups in total. The molecule has 0 aliphatic heterocycles. The number of hydrogen-bond acceptors (Lipinski definition) is 5. The highest BCUT2D eigenvalue weighted by Gasteiger charge is 2.24. The van der Waals surface area contributed by atoms with Crippen LogP contribution in [0.5, 0.6) is 0 Å². The molecule has 1 rings (SSSR count). The van der Waals surface area contributed by atoms with Crippen molar-refractivity contribution in [3.63, 3.8) is 0 Å². The average molecular weight is 291 g/mol. The van der Waals surface area contributed by atoms with Crippen LogP contribution in [-0.4, -0.2) is 54.5 Å². The monoisotopic (exact) mass is 291 g/mol. The number of imidazole rings is 1. The van der Waals surface area contributed by atoms with Crippen LogP contribution in [0.2, 0.25) is 0 Å². The second kappa shape index (κ2) is 7.22. The van der Waals surface area contributed by atoms with Crippen molar-refractivity contribution < 1.29 is 23.1 Å². The number of aromatic amines is 1. The Morgan fingerprint density at radius 2 is 2.37 bits per heavy atom. The number of sulfonamides is 1. The van der Waals surface area contributed by atoms with Crippen LogP contribution in [0.4, 0.5) is 0 Å². The predicted octanol–water partition coefficient (Wildman–Crippen LogP) is -0.639. The van der Waals surface area contributed by atoms with Crippen molar-refractivity contribution in [3.05, 3.63) is 18.2 Å². The summed E-state index contributed by atoms with van der Waals surface area (Å²) >= 11 is 0. The minimum Gasteiger partial charge on any atom is -0.480 e. The fourth-order valence-corrected chi connectivity index (χ4v) is 2.46. The number of nitrogens with one attached hydrogen (secondary N) is 2. The number of hydrogen-bond donors (Lipinski definition) is 3. The number of H-pyrrole nitrogens is 1. The highest BCUT2D eigenvalue weighted by molar-refractivity contribution is 7.89. The lowest BCUT2D eigenvalue weighted by Gasteiger charge is -2.13. The molecular formula is C10H17N3O5S. The van der Waals surface area contributed by atoms with Gasteiger partial charge < -0.3 is 14.8 Å². The van der Waals surface area contributed by atoms with Crippen LogP contribution >= 0.6 is 0 Å². The van der Waals surface area contributed by atoms with Gasteiger partial charge in [-0.2, -0.15) is 0 Å². The van der Waals surface area contributed by atoms with Crippen LogP contribution in [0, 0.1) is 0 Å². The molecule has 0 aliphatic rings. The maximum Gasteiger partial charge on any atom is 0.322 e. The molecule has 0 radical (unpaired) electrons. The Bertz CT molecular complexity index is 485. The molecule has 0 amide bonds. The second-order valence-electron chi connectivity index (χ2n) is 3.81. The van der Waals surface area contributed by atoms with Crippen molar-refractivity contribution in [3.8, 4) is 0 Å². The first-order valence-corrected chi connectivity index (χ1v) is 7.37. The minimum atomic E-state index is -3.69. The van der Waals surface area contributed by atoms with Gasteiger partial charge in [-0.05, 0) is 6.92 Å². The third-order valence-corrected chi connectivity index (χ3v) is 3.65. The van der Waals surface area contributed by atoms with Gasteiger partial charge in [0.15, 0.2) is 0 Å². The summed E-state index contributed by atoms with van der Waals surface area (Å²) in [5, 5.41) is 9.01. The SMILES string of the molecule is CCOCCS(=O)(=O)N[C@@H](Cc1cnc[nH]1)C(=O)O. The van der Waals surface area contributed by atoms with Gasteiger partial charge in [0.1, 0.15) is 6.04 Å². The Hall–Kier alpha value is -1.45. The van der Waals surface area contributed by atoms with Crippen molar-refractivity contribution >= 4 is 16.0 Å². The molecule has 0 spiro atoms. The van der Waals surface area contributed by atoms with Gasteiger partial charge in [-0.25, -0.2) is 18.1 Å². The van der Waals surface area contributed by atoms with E-state index in [4.69, 9.17) is 9.84 Å². The molecule has 1 atom stereocenters. The van der Waals surface area contributed by atoms with E-state index in [0.29, 0.717) is 12.3 Å². The Balaban J connectivity index is 2.60. The summed E-state index contributed by atoms with van der Waals surface area (Å²) in [6, 6.07) is -1.23. The van der Waals surface area contributed by atoms with Crippen molar-refractivity contribution in [2.75, 3.05) is 19.0 Å². The largest absolute Gasteiger partial charge is 0.480 e. The second-order valence-corrected chi connectivity index (χ2v) is 5.68. The molecule has 0 fully saturated rings. The molecule has 0 saturated heterocycles. The van der Waals surface area contributed by atoms with Crippen LogP contribution in [0.15, 0.2) is 12.5 Å². The van der Waals surface area contributed by atoms with E-state index in [9.17, 15) is 13.2 Å². The number of rotatable bonds is 9. The number of aromatic nitrogens is 2. The van der Waals surface area contributed by atoms with Crippen LogP contribution in [0.1, 0.15) is 12.6 Å². The number of ether oxygens (including phenoxy) is 1. The first-order valence-electron chi connectivity index (χ1n) is 5.72. The normalized spacial score (nSPS) is 13.3. The third kappa shape index (κ3) is 5.81. The lowest BCUT2D eigenvalue weighted by atomic mass is 10.2.